The lowest BCUT2D eigenvalue weighted by molar-refractivity contribution is -0.385. The number of carbonyl (C=O) groups excluding carboxylic acids is 2. The molecule has 2 amide bonds. The van der Waals surface area contributed by atoms with Crippen LogP contribution in [0.2, 0.25) is 0 Å². The average molecular weight is 474 g/mol. The maximum absolute atomic E-state index is 12.9. The summed E-state index contributed by atoms with van der Waals surface area (Å²) in [6, 6.07) is 6.14. The first-order chi connectivity index (χ1) is 16.9. The molecular weight excluding hydrogens is 452 g/mol. The van der Waals surface area contributed by atoms with Crippen molar-refractivity contribution >= 4 is 23.7 Å². The van der Waals surface area contributed by atoms with Crippen LogP contribution in [0.1, 0.15) is 17.5 Å². The molecule has 0 N–H and O–H groups in total. The van der Waals surface area contributed by atoms with Crippen LogP contribution in [0.4, 0.5) is 5.69 Å². The van der Waals surface area contributed by atoms with Crippen LogP contribution in [-0.4, -0.2) is 40.1 Å². The van der Waals surface area contributed by atoms with Gasteiger partial charge in [0, 0.05) is 17.7 Å². The van der Waals surface area contributed by atoms with E-state index < -0.39 is 4.92 Å². The summed E-state index contributed by atoms with van der Waals surface area (Å²) in [4.78, 5) is 40.1. The van der Waals surface area contributed by atoms with Crippen LogP contribution >= 0.6 is 0 Å². The van der Waals surface area contributed by atoms with Gasteiger partial charge in [-0.25, -0.2) is 4.98 Å². The highest BCUT2D eigenvalue weighted by atomic mass is 16.6. The number of rotatable bonds is 8. The van der Waals surface area contributed by atoms with Crippen LogP contribution in [0, 0.1) is 33.8 Å². The molecule has 2 aliphatic carbocycles. The number of ether oxygens (including phenoxy) is 2. The number of amides is 2. The fourth-order valence-electron chi connectivity index (χ4n) is 5.10. The Labute approximate surface area is 200 Å². The van der Waals surface area contributed by atoms with Crippen molar-refractivity contribution in [3.05, 3.63) is 76.5 Å². The number of hydrazone groups is 1. The van der Waals surface area contributed by atoms with E-state index in [4.69, 9.17) is 9.47 Å². The maximum atomic E-state index is 12.9. The van der Waals surface area contributed by atoms with Gasteiger partial charge in [-0.3, -0.25) is 19.7 Å². The summed E-state index contributed by atoms with van der Waals surface area (Å²) in [6.45, 7) is 3.78. The summed E-state index contributed by atoms with van der Waals surface area (Å²) >= 11 is 0. The number of nitrogens with zero attached hydrogens (tertiary/aromatic N) is 4. The van der Waals surface area contributed by atoms with Crippen LogP contribution < -0.4 is 9.47 Å². The number of hydrogen-bond acceptors (Lipinski definition) is 8. The van der Waals surface area contributed by atoms with E-state index in [-0.39, 0.29) is 47.1 Å². The number of pyridine rings is 1. The standard InChI is InChI=1S/C25H22N4O6/c1-3-4-17-9-14(10-19(34-2)23(17)35-20-8-7-18(13-26-20)29(32)33)12-27-28-24(30)21-15-5-6-16(11-15)22(21)25(28)31/h3,5-10,12-13,15-16,21-22H,1,4,11H2,2H3. The van der Waals surface area contributed by atoms with E-state index in [1.54, 1.807) is 18.2 Å². The zero-order valence-electron chi connectivity index (χ0n) is 18.9. The molecule has 3 aliphatic rings. The van der Waals surface area contributed by atoms with Crippen molar-refractivity contribution in [2.24, 2.45) is 28.8 Å². The van der Waals surface area contributed by atoms with Gasteiger partial charge in [-0.05, 0) is 42.4 Å². The lowest BCUT2D eigenvalue weighted by Gasteiger charge is -2.15. The molecule has 2 bridgehead atoms. The van der Waals surface area contributed by atoms with Gasteiger partial charge in [0.05, 0.1) is 30.1 Å². The molecule has 1 saturated heterocycles. The number of fused-ring (bicyclic) bond motifs is 5. The van der Waals surface area contributed by atoms with E-state index in [1.165, 1.54) is 25.5 Å². The molecule has 10 heteroatoms. The Morgan fingerprint density at radius 3 is 2.51 bits per heavy atom. The van der Waals surface area contributed by atoms with Crippen molar-refractivity contribution < 1.29 is 24.0 Å². The molecule has 4 unspecified atom stereocenters. The van der Waals surface area contributed by atoms with Crippen molar-refractivity contribution in [2.45, 2.75) is 12.8 Å². The Bertz CT molecular complexity index is 1260. The lowest BCUT2D eigenvalue weighted by Crippen LogP contribution is -2.28. The summed E-state index contributed by atoms with van der Waals surface area (Å²) in [7, 11) is 1.47. The van der Waals surface area contributed by atoms with Gasteiger partial charge >= 0.3 is 0 Å². The number of allylic oxidation sites excluding steroid dienone is 3. The van der Waals surface area contributed by atoms with Crippen molar-refractivity contribution in [1.82, 2.24) is 9.99 Å². The van der Waals surface area contributed by atoms with E-state index in [2.05, 4.69) is 16.7 Å². The largest absolute Gasteiger partial charge is 0.493 e. The molecule has 0 spiro atoms. The third-order valence-corrected chi connectivity index (χ3v) is 6.65. The minimum Gasteiger partial charge on any atom is -0.493 e. The first kappa shape index (κ1) is 22.5. The normalized spacial score (nSPS) is 24.3. The Balaban J connectivity index is 1.41. The monoisotopic (exact) mass is 474 g/mol. The number of benzene rings is 1. The number of methoxy groups -OCH3 is 1. The summed E-state index contributed by atoms with van der Waals surface area (Å²) < 4.78 is 11.4. The highest BCUT2D eigenvalue weighted by Gasteiger charge is 2.59. The molecule has 1 aromatic heterocycles. The van der Waals surface area contributed by atoms with Gasteiger partial charge in [-0.1, -0.05) is 18.2 Å². The summed E-state index contributed by atoms with van der Waals surface area (Å²) in [5, 5.41) is 16.1. The molecule has 10 nitrogen and oxygen atoms in total. The molecule has 1 aromatic carbocycles. The molecule has 2 heterocycles. The molecule has 4 atom stereocenters. The van der Waals surface area contributed by atoms with E-state index in [9.17, 15) is 19.7 Å². The van der Waals surface area contributed by atoms with Crippen LogP contribution in [0.3, 0.4) is 0 Å². The molecular formula is C25H22N4O6. The number of hydrogen-bond donors (Lipinski definition) is 0. The van der Waals surface area contributed by atoms with Gasteiger partial charge in [0.25, 0.3) is 17.5 Å². The van der Waals surface area contributed by atoms with E-state index >= 15 is 0 Å². The van der Waals surface area contributed by atoms with Crippen LogP contribution in [0.15, 0.2) is 60.4 Å². The third-order valence-electron chi connectivity index (χ3n) is 6.65. The van der Waals surface area contributed by atoms with E-state index in [1.807, 2.05) is 12.2 Å². The van der Waals surface area contributed by atoms with Gasteiger partial charge in [0.2, 0.25) is 5.88 Å². The molecule has 35 heavy (non-hydrogen) atoms. The first-order valence-electron chi connectivity index (χ1n) is 11.1. The van der Waals surface area contributed by atoms with Gasteiger partial charge in [-0.2, -0.15) is 10.1 Å². The SMILES string of the molecule is C=CCc1cc(C=NN2C(=O)C3C4C=CC(C4)C3C2=O)cc(OC)c1Oc1ccc([N+](=O)[O-])cn1. The topological polar surface area (TPSA) is 124 Å². The van der Waals surface area contributed by atoms with Gasteiger partial charge in [0.1, 0.15) is 6.20 Å². The average Bonchev–Trinajstić information content (AvgIpc) is 3.53. The molecule has 1 saturated carbocycles. The second kappa shape index (κ2) is 8.79. The highest BCUT2D eigenvalue weighted by molar-refractivity contribution is 6.06. The zero-order chi connectivity index (χ0) is 24.7. The Morgan fingerprint density at radius 2 is 1.94 bits per heavy atom. The highest BCUT2D eigenvalue weighted by Crippen LogP contribution is 2.52. The molecule has 5 rings (SSSR count). The minimum absolute atomic E-state index is 0.116. The summed E-state index contributed by atoms with van der Waals surface area (Å²) in [5.74, 6) is -0.0119. The van der Waals surface area contributed by atoms with Crippen molar-refractivity contribution in [3.63, 3.8) is 0 Å². The van der Waals surface area contributed by atoms with E-state index in [0.29, 0.717) is 29.0 Å². The first-order valence-corrected chi connectivity index (χ1v) is 11.1. The van der Waals surface area contributed by atoms with Crippen LogP contribution in [0.5, 0.6) is 17.4 Å². The quantitative estimate of drug-likeness (QED) is 0.188. The van der Waals surface area contributed by atoms with Crippen molar-refractivity contribution in [1.29, 1.82) is 0 Å². The third kappa shape index (κ3) is 3.86. The van der Waals surface area contributed by atoms with Crippen molar-refractivity contribution in [2.75, 3.05) is 7.11 Å². The second-order valence-corrected chi connectivity index (χ2v) is 8.65. The fourth-order valence-corrected chi connectivity index (χ4v) is 5.10. The van der Waals surface area contributed by atoms with Crippen molar-refractivity contribution in [3.8, 4) is 17.4 Å². The second-order valence-electron chi connectivity index (χ2n) is 8.65. The molecule has 0 radical (unpaired) electrons. The summed E-state index contributed by atoms with van der Waals surface area (Å²) in [6.07, 6.45) is 9.60. The Kier molecular flexibility index (Phi) is 5.64. The Hall–Kier alpha value is -4.34. The molecule has 2 aromatic rings. The zero-order valence-corrected chi connectivity index (χ0v) is 18.9. The number of aromatic nitrogens is 1. The number of imide groups is 1. The predicted octanol–water partition coefficient (Wildman–Crippen LogP) is 3.66. The molecule has 178 valence electrons. The number of carbonyl (C=O) groups is 2. The molecule has 2 fully saturated rings. The summed E-state index contributed by atoms with van der Waals surface area (Å²) in [5.41, 5.74) is 1.14. The number of nitro groups is 1. The minimum atomic E-state index is -0.543. The smallest absolute Gasteiger partial charge is 0.287 e. The van der Waals surface area contributed by atoms with Crippen LogP contribution in [0.25, 0.3) is 0 Å². The van der Waals surface area contributed by atoms with Gasteiger partial charge < -0.3 is 9.47 Å². The van der Waals surface area contributed by atoms with Gasteiger partial charge in [0.15, 0.2) is 11.5 Å². The van der Waals surface area contributed by atoms with Crippen LogP contribution in [-0.2, 0) is 16.0 Å². The Morgan fingerprint density at radius 1 is 1.23 bits per heavy atom. The maximum Gasteiger partial charge on any atom is 0.287 e. The lowest BCUT2D eigenvalue weighted by atomic mass is 9.85. The van der Waals surface area contributed by atoms with Gasteiger partial charge in [-0.15, -0.1) is 6.58 Å². The predicted molar refractivity (Wildman–Crippen MR) is 125 cm³/mol. The van der Waals surface area contributed by atoms with E-state index in [0.717, 1.165) is 17.6 Å². The fraction of sp³-hybridized carbons (Fsp3) is 0.280. The molecule has 1 aliphatic heterocycles.